The van der Waals surface area contributed by atoms with Crippen LogP contribution in [0.4, 0.5) is 0 Å². The summed E-state index contributed by atoms with van der Waals surface area (Å²) in [7, 11) is 0. The van der Waals surface area contributed by atoms with Gasteiger partial charge in [0, 0.05) is 31.7 Å². The third-order valence-corrected chi connectivity index (χ3v) is 6.07. The molecular weight excluding hydrogens is 362 g/mol. The van der Waals surface area contributed by atoms with Crippen molar-refractivity contribution in [3.63, 3.8) is 0 Å². The molecule has 0 aromatic heterocycles. The lowest BCUT2D eigenvalue weighted by Gasteiger charge is -2.37. The number of aliphatic imine (C=N–C) groups is 1. The molecule has 3 rings (SSSR count). The molecule has 162 valence electrons. The van der Waals surface area contributed by atoms with Crippen molar-refractivity contribution in [1.82, 2.24) is 20.4 Å². The Morgan fingerprint density at radius 2 is 1.93 bits per heavy atom. The van der Waals surface area contributed by atoms with Crippen molar-refractivity contribution >= 4 is 5.96 Å². The molecule has 1 aromatic rings. The van der Waals surface area contributed by atoms with Crippen LogP contribution in [0, 0.1) is 0 Å². The normalized spacial score (nSPS) is 23.7. The molecule has 0 spiro atoms. The van der Waals surface area contributed by atoms with E-state index in [1.54, 1.807) is 0 Å². The number of hydrogen-bond acceptors (Lipinski definition) is 4. The monoisotopic (exact) mass is 401 g/mol. The smallest absolute Gasteiger partial charge is 0.191 e. The lowest BCUT2D eigenvalue weighted by Crippen LogP contribution is -2.50. The molecule has 2 heterocycles. The van der Waals surface area contributed by atoms with Gasteiger partial charge < -0.3 is 15.4 Å². The summed E-state index contributed by atoms with van der Waals surface area (Å²) in [5, 5.41) is 7.05. The van der Waals surface area contributed by atoms with E-state index in [0.717, 1.165) is 45.4 Å². The van der Waals surface area contributed by atoms with Gasteiger partial charge in [-0.2, -0.15) is 0 Å². The summed E-state index contributed by atoms with van der Waals surface area (Å²) in [6.45, 7) is 14.2. The van der Waals surface area contributed by atoms with Gasteiger partial charge in [-0.3, -0.25) is 14.8 Å². The van der Waals surface area contributed by atoms with E-state index in [0.29, 0.717) is 18.1 Å². The van der Waals surface area contributed by atoms with E-state index in [4.69, 9.17) is 9.73 Å². The van der Waals surface area contributed by atoms with Gasteiger partial charge in [-0.1, -0.05) is 30.3 Å². The first-order valence-corrected chi connectivity index (χ1v) is 11.3. The predicted octanol–water partition coefficient (Wildman–Crippen LogP) is 2.49. The first-order chi connectivity index (χ1) is 14.2. The molecule has 1 aromatic carbocycles. The molecule has 0 aliphatic carbocycles. The second kappa shape index (κ2) is 11.5. The van der Waals surface area contributed by atoms with Gasteiger partial charge in [0.05, 0.1) is 25.8 Å². The van der Waals surface area contributed by atoms with Gasteiger partial charge in [0.25, 0.3) is 0 Å². The number of benzene rings is 1. The standard InChI is InChI=1S/C23H39N5O/c1-4-24-23(25-16-19(2)28-14-15-29-18-20(28)3)26-17-22(27-12-8-9-13-27)21-10-6-5-7-11-21/h5-7,10-11,19-20,22H,4,8-9,12-18H2,1-3H3,(H2,24,25,26). The fraction of sp³-hybridized carbons (Fsp3) is 0.696. The average Bonchev–Trinajstić information content (AvgIpc) is 3.27. The number of ether oxygens (including phenoxy) is 1. The average molecular weight is 402 g/mol. The zero-order chi connectivity index (χ0) is 20.5. The molecule has 2 fully saturated rings. The lowest BCUT2D eigenvalue weighted by atomic mass is 10.1. The molecule has 2 aliphatic rings. The molecule has 3 unspecified atom stereocenters. The Labute approximate surface area is 176 Å². The summed E-state index contributed by atoms with van der Waals surface area (Å²) in [5.74, 6) is 0.917. The van der Waals surface area contributed by atoms with Crippen LogP contribution in [0.1, 0.15) is 45.2 Å². The maximum Gasteiger partial charge on any atom is 0.191 e. The van der Waals surface area contributed by atoms with Crippen molar-refractivity contribution in [2.45, 2.75) is 51.7 Å². The third-order valence-electron chi connectivity index (χ3n) is 6.07. The topological polar surface area (TPSA) is 52.1 Å². The van der Waals surface area contributed by atoms with Crippen LogP contribution in [-0.4, -0.2) is 80.3 Å². The van der Waals surface area contributed by atoms with Crippen LogP contribution < -0.4 is 10.6 Å². The van der Waals surface area contributed by atoms with Crippen molar-refractivity contribution in [3.8, 4) is 0 Å². The molecule has 6 heteroatoms. The lowest BCUT2D eigenvalue weighted by molar-refractivity contribution is -0.0165. The van der Waals surface area contributed by atoms with E-state index in [1.807, 2.05) is 0 Å². The van der Waals surface area contributed by atoms with Gasteiger partial charge in [-0.25, -0.2) is 0 Å². The number of rotatable bonds is 8. The van der Waals surface area contributed by atoms with Crippen LogP contribution in [0.2, 0.25) is 0 Å². The summed E-state index contributed by atoms with van der Waals surface area (Å²) in [6.07, 6.45) is 2.60. The summed E-state index contributed by atoms with van der Waals surface area (Å²) < 4.78 is 5.58. The SMILES string of the molecule is CCNC(=NCC(C)N1CCOCC1C)NCC(c1ccccc1)N1CCCC1. The van der Waals surface area contributed by atoms with Gasteiger partial charge in [0.1, 0.15) is 0 Å². The summed E-state index contributed by atoms with van der Waals surface area (Å²) >= 11 is 0. The summed E-state index contributed by atoms with van der Waals surface area (Å²) in [5.41, 5.74) is 1.38. The van der Waals surface area contributed by atoms with Gasteiger partial charge in [0.15, 0.2) is 5.96 Å². The fourth-order valence-electron chi connectivity index (χ4n) is 4.44. The maximum atomic E-state index is 5.58. The van der Waals surface area contributed by atoms with Crippen molar-refractivity contribution in [2.75, 3.05) is 52.5 Å². The number of nitrogens with zero attached hydrogens (tertiary/aromatic N) is 3. The fourth-order valence-corrected chi connectivity index (χ4v) is 4.44. The minimum Gasteiger partial charge on any atom is -0.379 e. The predicted molar refractivity (Wildman–Crippen MR) is 120 cm³/mol. The molecule has 0 radical (unpaired) electrons. The van der Waals surface area contributed by atoms with Crippen LogP contribution >= 0.6 is 0 Å². The van der Waals surface area contributed by atoms with Crippen LogP contribution in [0.3, 0.4) is 0 Å². The Morgan fingerprint density at radius 3 is 2.62 bits per heavy atom. The quantitative estimate of drug-likeness (QED) is 0.518. The zero-order valence-corrected chi connectivity index (χ0v) is 18.4. The largest absolute Gasteiger partial charge is 0.379 e. The Bertz CT molecular complexity index is 617. The molecule has 0 amide bonds. The van der Waals surface area contributed by atoms with Gasteiger partial charge in [0.2, 0.25) is 0 Å². The van der Waals surface area contributed by atoms with Crippen LogP contribution in [0.25, 0.3) is 0 Å². The van der Waals surface area contributed by atoms with Crippen molar-refractivity contribution in [2.24, 2.45) is 4.99 Å². The molecular formula is C23H39N5O. The number of guanidine groups is 1. The van der Waals surface area contributed by atoms with Crippen LogP contribution in [0.5, 0.6) is 0 Å². The highest BCUT2D eigenvalue weighted by atomic mass is 16.5. The molecule has 3 atom stereocenters. The minimum atomic E-state index is 0.388. The third kappa shape index (κ3) is 6.43. The van der Waals surface area contributed by atoms with Crippen LogP contribution in [0.15, 0.2) is 35.3 Å². The highest BCUT2D eigenvalue weighted by Crippen LogP contribution is 2.24. The first kappa shape index (κ1) is 22.1. The second-order valence-electron chi connectivity index (χ2n) is 8.28. The molecule has 0 bridgehead atoms. The molecule has 2 aliphatic heterocycles. The highest BCUT2D eigenvalue weighted by Gasteiger charge is 2.25. The summed E-state index contributed by atoms with van der Waals surface area (Å²) in [6, 6.07) is 12.1. The Morgan fingerprint density at radius 1 is 1.17 bits per heavy atom. The van der Waals surface area contributed by atoms with E-state index in [2.05, 4.69) is 71.5 Å². The molecule has 2 saturated heterocycles. The van der Waals surface area contributed by atoms with Gasteiger partial charge in [-0.05, 0) is 52.3 Å². The van der Waals surface area contributed by atoms with E-state index in [9.17, 15) is 0 Å². The Hall–Kier alpha value is -1.63. The number of nitrogens with one attached hydrogen (secondary N) is 2. The van der Waals surface area contributed by atoms with E-state index in [1.165, 1.54) is 31.5 Å². The Balaban J connectivity index is 1.61. The van der Waals surface area contributed by atoms with Crippen LogP contribution in [-0.2, 0) is 4.74 Å². The number of likely N-dealkylation sites (tertiary alicyclic amines) is 1. The number of hydrogen-bond donors (Lipinski definition) is 2. The van der Waals surface area contributed by atoms with E-state index >= 15 is 0 Å². The van der Waals surface area contributed by atoms with Crippen molar-refractivity contribution in [3.05, 3.63) is 35.9 Å². The molecule has 6 nitrogen and oxygen atoms in total. The Kier molecular flexibility index (Phi) is 8.77. The highest BCUT2D eigenvalue weighted by molar-refractivity contribution is 5.79. The van der Waals surface area contributed by atoms with Crippen molar-refractivity contribution < 1.29 is 4.74 Å². The molecule has 2 N–H and O–H groups in total. The van der Waals surface area contributed by atoms with Crippen molar-refractivity contribution in [1.29, 1.82) is 0 Å². The maximum absolute atomic E-state index is 5.58. The number of morpholine rings is 1. The van der Waals surface area contributed by atoms with Gasteiger partial charge in [-0.15, -0.1) is 0 Å². The second-order valence-corrected chi connectivity index (χ2v) is 8.28. The molecule has 29 heavy (non-hydrogen) atoms. The van der Waals surface area contributed by atoms with Gasteiger partial charge >= 0.3 is 0 Å². The minimum absolute atomic E-state index is 0.388. The van der Waals surface area contributed by atoms with E-state index in [-0.39, 0.29) is 0 Å². The zero-order valence-electron chi connectivity index (χ0n) is 18.4. The molecule has 0 saturated carbocycles. The van der Waals surface area contributed by atoms with E-state index < -0.39 is 0 Å². The first-order valence-electron chi connectivity index (χ1n) is 11.3. The summed E-state index contributed by atoms with van der Waals surface area (Å²) in [4.78, 5) is 10.0.